The first-order chi connectivity index (χ1) is 11.2. The van der Waals surface area contributed by atoms with E-state index in [0.717, 1.165) is 26.1 Å². The predicted molar refractivity (Wildman–Crippen MR) is 85.2 cm³/mol. The molecule has 1 unspecified atom stereocenters. The highest BCUT2D eigenvalue weighted by molar-refractivity contribution is 5.97. The van der Waals surface area contributed by atoms with Crippen LogP contribution in [0, 0.1) is 0 Å². The summed E-state index contributed by atoms with van der Waals surface area (Å²) in [5.41, 5.74) is 1.48. The van der Waals surface area contributed by atoms with E-state index in [2.05, 4.69) is 15.3 Å². The van der Waals surface area contributed by atoms with Gasteiger partial charge in [-0.2, -0.15) is 5.10 Å². The molecule has 1 N–H and O–H groups in total. The van der Waals surface area contributed by atoms with Crippen LogP contribution in [0.15, 0.2) is 36.5 Å². The van der Waals surface area contributed by atoms with Gasteiger partial charge in [0.1, 0.15) is 12.4 Å². The van der Waals surface area contributed by atoms with Crippen molar-refractivity contribution in [3.05, 3.63) is 47.8 Å². The summed E-state index contributed by atoms with van der Waals surface area (Å²) < 4.78 is 7.83. The highest BCUT2D eigenvalue weighted by Gasteiger charge is 2.42. The smallest absolute Gasteiger partial charge is 0.255 e. The van der Waals surface area contributed by atoms with Crippen LogP contribution in [0.4, 0.5) is 0 Å². The zero-order valence-corrected chi connectivity index (χ0v) is 13.2. The summed E-state index contributed by atoms with van der Waals surface area (Å²) in [5.74, 6) is 0.632. The Morgan fingerprint density at radius 2 is 2.22 bits per heavy atom. The van der Waals surface area contributed by atoms with Crippen LogP contribution in [-0.2, 0) is 13.6 Å². The third-order valence-corrected chi connectivity index (χ3v) is 4.76. The van der Waals surface area contributed by atoms with Gasteiger partial charge in [0.25, 0.3) is 5.91 Å². The van der Waals surface area contributed by atoms with Gasteiger partial charge in [-0.15, -0.1) is 0 Å². The van der Waals surface area contributed by atoms with Gasteiger partial charge in [0.2, 0.25) is 0 Å². The van der Waals surface area contributed by atoms with Crippen LogP contribution >= 0.6 is 0 Å². The van der Waals surface area contributed by atoms with Crippen molar-refractivity contribution < 1.29 is 9.53 Å². The van der Waals surface area contributed by atoms with Gasteiger partial charge < -0.3 is 10.1 Å². The molecule has 1 amide bonds. The number of likely N-dealkylation sites (tertiary alicyclic amines) is 1. The van der Waals surface area contributed by atoms with Gasteiger partial charge >= 0.3 is 0 Å². The minimum atomic E-state index is -0.311. The zero-order chi connectivity index (χ0) is 15.9. The summed E-state index contributed by atoms with van der Waals surface area (Å²) in [6, 6.07) is 9.46. The molecule has 3 heterocycles. The monoisotopic (exact) mass is 312 g/mol. The molecule has 120 valence electrons. The second kappa shape index (κ2) is 5.38. The second-order valence-corrected chi connectivity index (χ2v) is 6.43. The number of hydrogen-bond acceptors (Lipinski definition) is 4. The maximum absolute atomic E-state index is 12.5. The lowest BCUT2D eigenvalue weighted by atomic mass is 10.00. The third-order valence-electron chi connectivity index (χ3n) is 4.76. The lowest BCUT2D eigenvalue weighted by molar-refractivity contribution is 0.0888. The molecule has 1 fully saturated rings. The number of amides is 1. The number of hydrogen-bond donors (Lipinski definition) is 1. The van der Waals surface area contributed by atoms with Crippen molar-refractivity contribution in [3.63, 3.8) is 0 Å². The van der Waals surface area contributed by atoms with Crippen molar-refractivity contribution in [1.82, 2.24) is 20.0 Å². The number of benzene rings is 1. The van der Waals surface area contributed by atoms with Crippen molar-refractivity contribution in [2.24, 2.45) is 7.05 Å². The molecule has 2 aromatic rings. The van der Waals surface area contributed by atoms with E-state index in [1.165, 1.54) is 5.69 Å². The molecule has 2 aliphatic rings. The molecule has 6 nitrogen and oxygen atoms in total. The Bertz CT molecular complexity index is 742. The molecule has 2 aliphatic heterocycles. The van der Waals surface area contributed by atoms with E-state index in [0.29, 0.717) is 17.9 Å². The Hall–Kier alpha value is -2.34. The van der Waals surface area contributed by atoms with Crippen LogP contribution in [0.5, 0.6) is 5.75 Å². The van der Waals surface area contributed by atoms with Crippen LogP contribution in [0.2, 0.25) is 0 Å². The van der Waals surface area contributed by atoms with Gasteiger partial charge in [-0.05, 0) is 24.6 Å². The molecule has 23 heavy (non-hydrogen) atoms. The van der Waals surface area contributed by atoms with E-state index in [1.54, 1.807) is 0 Å². The summed E-state index contributed by atoms with van der Waals surface area (Å²) in [7, 11) is 1.95. The van der Waals surface area contributed by atoms with Crippen LogP contribution < -0.4 is 10.1 Å². The summed E-state index contributed by atoms with van der Waals surface area (Å²) in [6.07, 6.45) is 2.71. The van der Waals surface area contributed by atoms with Crippen LogP contribution in [-0.4, -0.2) is 45.8 Å². The summed E-state index contributed by atoms with van der Waals surface area (Å²) in [5, 5.41) is 7.42. The van der Waals surface area contributed by atoms with Gasteiger partial charge in [-0.25, -0.2) is 0 Å². The molecule has 1 saturated heterocycles. The van der Waals surface area contributed by atoms with E-state index in [4.69, 9.17) is 4.74 Å². The molecule has 1 atom stereocenters. The molecule has 6 heteroatoms. The van der Waals surface area contributed by atoms with Gasteiger partial charge in [-0.3, -0.25) is 14.4 Å². The largest absolute Gasteiger partial charge is 0.490 e. The minimum absolute atomic E-state index is 0.0412. The van der Waals surface area contributed by atoms with Gasteiger partial charge in [-0.1, -0.05) is 12.1 Å². The Kier molecular flexibility index (Phi) is 3.34. The fourth-order valence-corrected chi connectivity index (χ4v) is 3.44. The zero-order valence-electron chi connectivity index (χ0n) is 13.2. The van der Waals surface area contributed by atoms with Crippen molar-refractivity contribution in [2.75, 3.05) is 19.7 Å². The number of nitrogens with one attached hydrogen (secondary N) is 1. The number of carbonyl (C=O) groups is 1. The van der Waals surface area contributed by atoms with Crippen LogP contribution in [0.3, 0.4) is 0 Å². The fourth-order valence-electron chi connectivity index (χ4n) is 3.44. The average molecular weight is 312 g/mol. The van der Waals surface area contributed by atoms with E-state index in [9.17, 15) is 4.79 Å². The quantitative estimate of drug-likeness (QED) is 0.905. The van der Waals surface area contributed by atoms with Crippen LogP contribution in [0.25, 0.3) is 0 Å². The molecule has 4 rings (SSSR count). The van der Waals surface area contributed by atoms with E-state index >= 15 is 0 Å². The van der Waals surface area contributed by atoms with Gasteiger partial charge in [0.15, 0.2) is 0 Å². The number of aryl methyl sites for hydroxylation is 1. The van der Waals surface area contributed by atoms with Crippen molar-refractivity contribution >= 4 is 5.91 Å². The number of para-hydroxylation sites is 1. The first-order valence-electron chi connectivity index (χ1n) is 7.89. The van der Waals surface area contributed by atoms with Crippen molar-refractivity contribution in [3.8, 4) is 5.75 Å². The van der Waals surface area contributed by atoms with Crippen molar-refractivity contribution in [1.29, 1.82) is 0 Å². The number of fused-ring (bicyclic) bond motifs is 1. The lowest BCUT2D eigenvalue weighted by Gasteiger charge is -2.28. The fraction of sp³-hybridized carbons (Fsp3) is 0.412. The van der Waals surface area contributed by atoms with Gasteiger partial charge in [0.05, 0.1) is 16.8 Å². The summed E-state index contributed by atoms with van der Waals surface area (Å²) >= 11 is 0. The number of nitrogens with zero attached hydrogens (tertiary/aromatic N) is 3. The van der Waals surface area contributed by atoms with Crippen LogP contribution in [0.1, 0.15) is 22.5 Å². The SMILES string of the molecule is Cn1nccc1CN1CCC2(COc3ccccc3C(=O)N2)C1. The molecule has 0 bridgehead atoms. The molecule has 1 aromatic heterocycles. The normalized spacial score (nSPS) is 24.1. The molecular formula is C17H20N4O2. The molecule has 0 saturated carbocycles. The highest BCUT2D eigenvalue weighted by Crippen LogP contribution is 2.29. The molecule has 1 aromatic carbocycles. The number of rotatable bonds is 2. The first kappa shape index (κ1) is 14.3. The Balaban J connectivity index is 1.50. The number of ether oxygens (including phenoxy) is 1. The minimum Gasteiger partial charge on any atom is -0.490 e. The highest BCUT2D eigenvalue weighted by atomic mass is 16.5. The number of carbonyl (C=O) groups excluding carboxylic acids is 1. The molecule has 0 aliphatic carbocycles. The predicted octanol–water partition coefficient (Wildman–Crippen LogP) is 1.19. The molecule has 0 radical (unpaired) electrons. The topological polar surface area (TPSA) is 59.4 Å². The Labute approximate surface area is 135 Å². The number of aromatic nitrogens is 2. The lowest BCUT2D eigenvalue weighted by Crippen LogP contribution is -2.53. The maximum Gasteiger partial charge on any atom is 0.255 e. The molecular weight excluding hydrogens is 292 g/mol. The van der Waals surface area contributed by atoms with E-state index < -0.39 is 0 Å². The Morgan fingerprint density at radius 1 is 1.35 bits per heavy atom. The summed E-state index contributed by atoms with van der Waals surface area (Å²) in [6.45, 7) is 3.07. The standard InChI is InChI=1S/C17H20N4O2/c1-20-13(6-8-18-20)10-21-9-7-17(11-21)12-23-15-5-3-2-4-14(15)16(22)19-17/h2-6,8H,7,9-12H2,1H3,(H,19,22). The summed E-state index contributed by atoms with van der Waals surface area (Å²) in [4.78, 5) is 14.9. The van der Waals surface area contributed by atoms with Gasteiger partial charge in [0, 0.05) is 32.9 Å². The Morgan fingerprint density at radius 3 is 3.04 bits per heavy atom. The third kappa shape index (κ3) is 2.59. The second-order valence-electron chi connectivity index (χ2n) is 6.43. The van der Waals surface area contributed by atoms with E-state index in [1.807, 2.05) is 48.3 Å². The first-order valence-corrected chi connectivity index (χ1v) is 7.89. The van der Waals surface area contributed by atoms with Crippen molar-refractivity contribution in [2.45, 2.75) is 18.5 Å². The van der Waals surface area contributed by atoms with E-state index in [-0.39, 0.29) is 11.4 Å². The molecule has 1 spiro atoms. The maximum atomic E-state index is 12.5. The average Bonchev–Trinajstić information content (AvgIpc) is 3.09.